The van der Waals surface area contributed by atoms with Gasteiger partial charge in [0.2, 0.25) is 5.89 Å². The van der Waals surface area contributed by atoms with Gasteiger partial charge in [0.25, 0.3) is 0 Å². The van der Waals surface area contributed by atoms with Gasteiger partial charge >= 0.3 is 0 Å². The maximum absolute atomic E-state index is 4.94. The number of piperazine rings is 1. The van der Waals surface area contributed by atoms with Crippen LogP contribution >= 0.6 is 0 Å². The van der Waals surface area contributed by atoms with Crippen LogP contribution in [0.15, 0.2) is 4.52 Å². The second-order valence-corrected chi connectivity index (χ2v) is 4.07. The Morgan fingerprint density at radius 1 is 1.60 bits per heavy atom. The first kappa shape index (κ1) is 10.6. The molecule has 0 aliphatic carbocycles. The van der Waals surface area contributed by atoms with Crippen molar-refractivity contribution in [2.45, 2.75) is 26.3 Å². The number of hydrogen-bond acceptors (Lipinski definition) is 5. The Hall–Kier alpha value is -0.940. The zero-order valence-corrected chi connectivity index (χ0v) is 9.36. The first-order chi connectivity index (χ1) is 7.25. The molecule has 1 aromatic rings. The maximum atomic E-state index is 4.94. The lowest BCUT2D eigenvalue weighted by atomic mass is 10.2. The van der Waals surface area contributed by atoms with Gasteiger partial charge in [-0.15, -0.1) is 0 Å². The Labute approximate surface area is 89.8 Å². The molecule has 1 aliphatic heterocycles. The van der Waals surface area contributed by atoms with Crippen LogP contribution in [0.3, 0.4) is 0 Å². The summed E-state index contributed by atoms with van der Waals surface area (Å²) in [4.78, 5) is 6.66. The molecule has 0 aromatic carbocycles. The van der Waals surface area contributed by atoms with E-state index in [1.807, 2.05) is 6.92 Å². The van der Waals surface area contributed by atoms with Crippen LogP contribution in [0.2, 0.25) is 0 Å². The molecule has 1 aliphatic rings. The molecular weight excluding hydrogens is 192 g/mol. The largest absolute Gasteiger partial charge is 0.340 e. The second-order valence-electron chi connectivity index (χ2n) is 4.07. The topological polar surface area (TPSA) is 54.2 Å². The van der Waals surface area contributed by atoms with E-state index in [4.69, 9.17) is 4.52 Å². The first-order valence-corrected chi connectivity index (χ1v) is 5.49. The number of aromatic nitrogens is 2. The summed E-state index contributed by atoms with van der Waals surface area (Å²) in [5, 5.41) is 7.27. The minimum atomic E-state index is 0.603. The molecule has 5 heteroatoms. The maximum Gasteiger partial charge on any atom is 0.223 e. The van der Waals surface area contributed by atoms with E-state index in [9.17, 15) is 0 Å². The smallest absolute Gasteiger partial charge is 0.223 e. The van der Waals surface area contributed by atoms with Crippen molar-refractivity contribution in [1.29, 1.82) is 0 Å². The summed E-state index contributed by atoms with van der Waals surface area (Å²) >= 11 is 0. The fourth-order valence-electron chi connectivity index (χ4n) is 1.90. The fourth-order valence-corrected chi connectivity index (χ4v) is 1.90. The van der Waals surface area contributed by atoms with Crippen LogP contribution in [-0.4, -0.2) is 47.3 Å². The van der Waals surface area contributed by atoms with Crippen molar-refractivity contribution in [1.82, 2.24) is 20.4 Å². The lowest BCUT2D eigenvalue weighted by molar-refractivity contribution is 0.174. The molecule has 2 heterocycles. The summed E-state index contributed by atoms with van der Waals surface area (Å²) in [5.41, 5.74) is 0. The molecule has 1 fully saturated rings. The van der Waals surface area contributed by atoms with Crippen LogP contribution in [0.25, 0.3) is 0 Å². The highest BCUT2D eigenvalue weighted by Crippen LogP contribution is 2.04. The van der Waals surface area contributed by atoms with Gasteiger partial charge in [-0.3, -0.25) is 4.90 Å². The van der Waals surface area contributed by atoms with Crippen LogP contribution in [-0.2, 0) is 6.42 Å². The molecule has 84 valence electrons. The molecule has 1 unspecified atom stereocenters. The Morgan fingerprint density at radius 2 is 2.47 bits per heavy atom. The number of rotatable bonds is 3. The molecular formula is C10H18N4O. The van der Waals surface area contributed by atoms with E-state index < -0.39 is 0 Å². The molecule has 0 bridgehead atoms. The van der Waals surface area contributed by atoms with Gasteiger partial charge in [-0.05, 0) is 6.92 Å². The molecule has 1 saturated heterocycles. The SMILES string of the molecule is Cc1nc(CCN2CCNCC2C)no1. The van der Waals surface area contributed by atoms with Crippen molar-refractivity contribution in [3.05, 3.63) is 11.7 Å². The molecule has 1 atom stereocenters. The van der Waals surface area contributed by atoms with Gasteiger partial charge in [-0.1, -0.05) is 5.16 Å². The monoisotopic (exact) mass is 210 g/mol. The van der Waals surface area contributed by atoms with Crippen LogP contribution in [0.4, 0.5) is 0 Å². The van der Waals surface area contributed by atoms with Crippen molar-refractivity contribution in [2.24, 2.45) is 0 Å². The van der Waals surface area contributed by atoms with Crippen LogP contribution in [0.5, 0.6) is 0 Å². The zero-order valence-electron chi connectivity index (χ0n) is 9.36. The van der Waals surface area contributed by atoms with Crippen molar-refractivity contribution in [3.8, 4) is 0 Å². The van der Waals surface area contributed by atoms with Gasteiger partial charge in [0.1, 0.15) is 0 Å². The number of aryl methyl sites for hydroxylation is 1. The van der Waals surface area contributed by atoms with Crippen molar-refractivity contribution in [2.75, 3.05) is 26.2 Å². The van der Waals surface area contributed by atoms with Crippen LogP contribution < -0.4 is 5.32 Å². The first-order valence-electron chi connectivity index (χ1n) is 5.49. The van der Waals surface area contributed by atoms with E-state index in [1.54, 1.807) is 0 Å². The molecule has 0 saturated carbocycles. The summed E-state index contributed by atoms with van der Waals surface area (Å²) in [6, 6.07) is 0.603. The number of nitrogens with zero attached hydrogens (tertiary/aromatic N) is 3. The number of hydrogen-bond donors (Lipinski definition) is 1. The quantitative estimate of drug-likeness (QED) is 0.773. The fraction of sp³-hybridized carbons (Fsp3) is 0.800. The zero-order chi connectivity index (χ0) is 10.7. The molecule has 15 heavy (non-hydrogen) atoms. The van der Waals surface area contributed by atoms with E-state index in [0.29, 0.717) is 11.9 Å². The van der Waals surface area contributed by atoms with Crippen LogP contribution in [0.1, 0.15) is 18.6 Å². The Bertz CT molecular complexity index is 312. The van der Waals surface area contributed by atoms with Gasteiger partial charge in [0.05, 0.1) is 0 Å². The summed E-state index contributed by atoms with van der Waals surface area (Å²) in [5.74, 6) is 1.47. The van der Waals surface area contributed by atoms with Crippen molar-refractivity contribution >= 4 is 0 Å². The third kappa shape index (κ3) is 2.76. The number of nitrogens with one attached hydrogen (secondary N) is 1. The standard InChI is InChI=1S/C10H18N4O/c1-8-7-11-4-6-14(8)5-3-10-12-9(2)15-13-10/h8,11H,3-7H2,1-2H3. The lowest BCUT2D eigenvalue weighted by Crippen LogP contribution is -2.50. The summed E-state index contributed by atoms with van der Waals surface area (Å²) in [6.07, 6.45) is 0.877. The Morgan fingerprint density at radius 3 is 3.13 bits per heavy atom. The Kier molecular flexibility index (Phi) is 3.33. The summed E-state index contributed by atoms with van der Waals surface area (Å²) in [6.45, 7) is 8.35. The van der Waals surface area contributed by atoms with Gasteiger partial charge in [-0.2, -0.15) is 4.98 Å². The van der Waals surface area contributed by atoms with E-state index in [0.717, 1.165) is 38.4 Å². The van der Waals surface area contributed by atoms with E-state index in [2.05, 4.69) is 27.3 Å². The van der Waals surface area contributed by atoms with Gasteiger partial charge in [0, 0.05) is 45.6 Å². The molecule has 0 amide bonds. The summed E-state index contributed by atoms with van der Waals surface area (Å²) in [7, 11) is 0. The molecule has 0 radical (unpaired) electrons. The van der Waals surface area contributed by atoms with Crippen molar-refractivity contribution in [3.63, 3.8) is 0 Å². The van der Waals surface area contributed by atoms with Crippen LogP contribution in [0, 0.1) is 6.92 Å². The molecule has 2 rings (SSSR count). The predicted octanol–water partition coefficient (Wildman–Crippen LogP) is 0.214. The van der Waals surface area contributed by atoms with Gasteiger partial charge in [0.15, 0.2) is 5.82 Å². The summed E-state index contributed by atoms with van der Waals surface area (Å²) < 4.78 is 4.94. The highest BCUT2D eigenvalue weighted by molar-refractivity contribution is 4.86. The third-order valence-electron chi connectivity index (χ3n) is 2.83. The molecule has 1 N–H and O–H groups in total. The second kappa shape index (κ2) is 4.72. The Balaban J connectivity index is 1.81. The van der Waals surface area contributed by atoms with E-state index in [-0.39, 0.29) is 0 Å². The average Bonchev–Trinajstić information content (AvgIpc) is 2.63. The third-order valence-corrected chi connectivity index (χ3v) is 2.83. The molecule has 1 aromatic heterocycles. The molecule has 5 nitrogen and oxygen atoms in total. The van der Waals surface area contributed by atoms with Gasteiger partial charge < -0.3 is 9.84 Å². The molecule has 0 spiro atoms. The normalized spacial score (nSPS) is 23.2. The van der Waals surface area contributed by atoms with Crippen molar-refractivity contribution < 1.29 is 4.52 Å². The predicted molar refractivity (Wildman–Crippen MR) is 56.6 cm³/mol. The lowest BCUT2D eigenvalue weighted by Gasteiger charge is -2.33. The average molecular weight is 210 g/mol. The minimum absolute atomic E-state index is 0.603. The van der Waals surface area contributed by atoms with Gasteiger partial charge in [-0.25, -0.2) is 0 Å². The highest BCUT2D eigenvalue weighted by Gasteiger charge is 2.17. The van der Waals surface area contributed by atoms with E-state index in [1.165, 1.54) is 0 Å². The highest BCUT2D eigenvalue weighted by atomic mass is 16.5. The minimum Gasteiger partial charge on any atom is -0.340 e. The van der Waals surface area contributed by atoms with E-state index >= 15 is 0 Å².